The summed E-state index contributed by atoms with van der Waals surface area (Å²) in [5, 5.41) is 2.52. The molecule has 0 aromatic rings. The third-order valence-corrected chi connectivity index (χ3v) is 2.05. The van der Waals surface area contributed by atoms with Crippen molar-refractivity contribution in [2.45, 2.75) is 38.8 Å². The zero-order chi connectivity index (χ0) is 13.6. The molecule has 0 aromatic heterocycles. The fourth-order valence-corrected chi connectivity index (χ4v) is 1.35. The van der Waals surface area contributed by atoms with Crippen molar-refractivity contribution in [2.24, 2.45) is 0 Å². The maximum Gasteiger partial charge on any atom is 0.408 e. The van der Waals surface area contributed by atoms with Crippen molar-refractivity contribution < 1.29 is 14.3 Å². The zero-order valence-corrected chi connectivity index (χ0v) is 11.8. The third kappa shape index (κ3) is 7.05. The Morgan fingerprint density at radius 2 is 1.88 bits per heavy atom. The Morgan fingerprint density at radius 3 is 2.24 bits per heavy atom. The Kier molecular flexibility index (Phi) is 6.31. The monoisotopic (exact) mass is 264 g/mol. The molecule has 0 aliphatic rings. The van der Waals surface area contributed by atoms with Gasteiger partial charge in [0.05, 0.1) is 0 Å². The minimum atomic E-state index is -0.641. The predicted molar refractivity (Wildman–Crippen MR) is 67.2 cm³/mol. The fourth-order valence-electron chi connectivity index (χ4n) is 1.13. The van der Waals surface area contributed by atoms with Gasteiger partial charge in [-0.1, -0.05) is 0 Å². The lowest BCUT2D eigenvalue weighted by molar-refractivity contribution is -0.131. The molecule has 2 amide bonds. The van der Waals surface area contributed by atoms with Gasteiger partial charge in [0.2, 0.25) is 5.91 Å². The molecule has 100 valence electrons. The molecule has 0 heterocycles. The van der Waals surface area contributed by atoms with Crippen molar-refractivity contribution in [3.63, 3.8) is 0 Å². The van der Waals surface area contributed by atoms with Crippen LogP contribution in [0.5, 0.6) is 0 Å². The first-order valence-corrected chi connectivity index (χ1v) is 5.97. The van der Waals surface area contributed by atoms with Crippen molar-refractivity contribution in [3.8, 4) is 0 Å². The maximum atomic E-state index is 11.7. The molecule has 0 radical (unpaired) electrons. The van der Waals surface area contributed by atoms with E-state index in [0.29, 0.717) is 12.3 Å². The van der Waals surface area contributed by atoms with Crippen molar-refractivity contribution >= 4 is 23.6 Å². The van der Waals surface area contributed by atoms with Gasteiger partial charge < -0.3 is 15.0 Å². The summed E-state index contributed by atoms with van der Waals surface area (Å²) in [6, 6.07) is -0.641. The SMILES string of the molecule is CN(C)C(=O)[C@H](CCCl)NC(=O)OC(C)(C)C. The molecular formula is C11H21ClN2O3. The lowest BCUT2D eigenvalue weighted by Crippen LogP contribution is -2.47. The molecule has 0 saturated heterocycles. The molecule has 1 N–H and O–H groups in total. The zero-order valence-electron chi connectivity index (χ0n) is 11.0. The summed E-state index contributed by atoms with van der Waals surface area (Å²) in [5.41, 5.74) is -0.587. The van der Waals surface area contributed by atoms with E-state index in [0.717, 1.165) is 0 Å². The van der Waals surface area contributed by atoms with Crippen LogP contribution in [0.25, 0.3) is 0 Å². The van der Waals surface area contributed by atoms with E-state index in [-0.39, 0.29) is 5.91 Å². The second-order valence-electron chi connectivity index (χ2n) is 4.91. The van der Waals surface area contributed by atoms with Crippen molar-refractivity contribution in [2.75, 3.05) is 20.0 Å². The summed E-state index contributed by atoms with van der Waals surface area (Å²) in [4.78, 5) is 24.7. The number of nitrogens with one attached hydrogen (secondary N) is 1. The van der Waals surface area contributed by atoms with Crippen molar-refractivity contribution in [1.29, 1.82) is 0 Å². The van der Waals surface area contributed by atoms with E-state index in [1.165, 1.54) is 4.90 Å². The van der Waals surface area contributed by atoms with Crippen LogP contribution in [0, 0.1) is 0 Å². The molecule has 1 atom stereocenters. The molecule has 0 bridgehead atoms. The van der Waals surface area contributed by atoms with E-state index in [9.17, 15) is 9.59 Å². The third-order valence-electron chi connectivity index (χ3n) is 1.83. The number of hydrogen-bond acceptors (Lipinski definition) is 3. The van der Waals surface area contributed by atoms with Crippen molar-refractivity contribution in [1.82, 2.24) is 10.2 Å². The topological polar surface area (TPSA) is 58.6 Å². The van der Waals surface area contributed by atoms with Crippen molar-refractivity contribution in [3.05, 3.63) is 0 Å². The smallest absolute Gasteiger partial charge is 0.408 e. The Hall–Kier alpha value is -0.970. The number of likely N-dealkylation sites (N-methyl/N-ethyl adjacent to an activating group) is 1. The van der Waals surface area contributed by atoms with E-state index in [1.807, 2.05) is 0 Å². The Bertz CT molecular complexity index is 274. The quantitative estimate of drug-likeness (QED) is 0.785. The summed E-state index contributed by atoms with van der Waals surface area (Å²) in [6.45, 7) is 5.28. The number of rotatable bonds is 4. The van der Waals surface area contributed by atoms with Gasteiger partial charge in [0, 0.05) is 20.0 Å². The number of alkyl carbamates (subject to hydrolysis) is 1. The Morgan fingerprint density at radius 1 is 1.35 bits per heavy atom. The van der Waals surface area contributed by atoms with Crippen LogP contribution < -0.4 is 5.32 Å². The minimum absolute atomic E-state index is 0.198. The Labute approximate surface area is 107 Å². The van der Waals surface area contributed by atoms with Gasteiger partial charge in [-0.05, 0) is 27.2 Å². The highest BCUT2D eigenvalue weighted by Gasteiger charge is 2.24. The molecule has 6 heteroatoms. The van der Waals surface area contributed by atoms with E-state index >= 15 is 0 Å². The van der Waals surface area contributed by atoms with Crippen LogP contribution in [0.1, 0.15) is 27.2 Å². The number of amides is 2. The number of carbonyl (C=O) groups excluding carboxylic acids is 2. The van der Waals surface area contributed by atoms with Gasteiger partial charge >= 0.3 is 6.09 Å². The van der Waals surface area contributed by atoms with Gasteiger partial charge in [-0.2, -0.15) is 0 Å². The molecule has 0 aromatic carbocycles. The van der Waals surface area contributed by atoms with Gasteiger partial charge in [0.25, 0.3) is 0 Å². The molecular weight excluding hydrogens is 244 g/mol. The maximum absolute atomic E-state index is 11.7. The van der Waals surface area contributed by atoms with E-state index in [1.54, 1.807) is 34.9 Å². The number of hydrogen-bond donors (Lipinski definition) is 1. The molecule has 0 fully saturated rings. The number of carbonyl (C=O) groups is 2. The standard InChI is InChI=1S/C11H21ClN2O3/c1-11(2,3)17-10(16)13-8(6-7-12)9(15)14(4)5/h8H,6-7H2,1-5H3,(H,13,16)/t8-/m0/s1. The first-order valence-electron chi connectivity index (χ1n) is 5.44. The fraction of sp³-hybridized carbons (Fsp3) is 0.818. The van der Waals surface area contributed by atoms with Crippen LogP contribution in [-0.4, -0.2) is 48.5 Å². The first kappa shape index (κ1) is 16.0. The lowest BCUT2D eigenvalue weighted by Gasteiger charge is -2.24. The normalized spacial score (nSPS) is 12.8. The molecule has 0 aliphatic carbocycles. The van der Waals surface area contributed by atoms with E-state index in [2.05, 4.69) is 5.32 Å². The summed E-state index contributed by atoms with van der Waals surface area (Å²) in [5.74, 6) is 0.0940. The average molecular weight is 265 g/mol. The van der Waals surface area contributed by atoms with Gasteiger partial charge in [-0.3, -0.25) is 4.79 Å². The first-order chi connectivity index (χ1) is 7.67. The summed E-state index contributed by atoms with van der Waals surface area (Å²) >= 11 is 5.60. The van der Waals surface area contributed by atoms with Crippen LogP contribution in [0.4, 0.5) is 4.79 Å². The summed E-state index contributed by atoms with van der Waals surface area (Å²) < 4.78 is 5.08. The van der Waals surface area contributed by atoms with Crippen LogP contribution in [-0.2, 0) is 9.53 Å². The molecule has 0 aliphatic heterocycles. The predicted octanol–water partition coefficient (Wildman–Crippen LogP) is 1.60. The molecule has 17 heavy (non-hydrogen) atoms. The molecule has 0 rings (SSSR count). The summed E-state index contributed by atoms with van der Waals surface area (Å²) in [6.07, 6.45) is -0.236. The Balaban J connectivity index is 4.45. The number of nitrogens with zero attached hydrogens (tertiary/aromatic N) is 1. The van der Waals surface area contributed by atoms with Crippen LogP contribution in [0.3, 0.4) is 0 Å². The van der Waals surface area contributed by atoms with Crippen LogP contribution >= 0.6 is 11.6 Å². The molecule has 0 saturated carbocycles. The molecule has 0 spiro atoms. The molecule has 5 nitrogen and oxygen atoms in total. The van der Waals surface area contributed by atoms with Gasteiger partial charge in [-0.25, -0.2) is 4.79 Å². The highest BCUT2D eigenvalue weighted by atomic mass is 35.5. The number of ether oxygens (including phenoxy) is 1. The number of halogens is 1. The lowest BCUT2D eigenvalue weighted by atomic mass is 10.2. The van der Waals surface area contributed by atoms with E-state index in [4.69, 9.17) is 16.3 Å². The largest absolute Gasteiger partial charge is 0.444 e. The minimum Gasteiger partial charge on any atom is -0.444 e. The highest BCUT2D eigenvalue weighted by molar-refractivity contribution is 6.18. The van der Waals surface area contributed by atoms with E-state index < -0.39 is 17.7 Å². The highest BCUT2D eigenvalue weighted by Crippen LogP contribution is 2.08. The number of alkyl halides is 1. The van der Waals surface area contributed by atoms with Crippen LogP contribution in [0.2, 0.25) is 0 Å². The summed E-state index contributed by atoms with van der Waals surface area (Å²) in [7, 11) is 3.25. The average Bonchev–Trinajstić information content (AvgIpc) is 2.12. The molecule has 0 unspecified atom stereocenters. The second-order valence-corrected chi connectivity index (χ2v) is 5.29. The van der Waals surface area contributed by atoms with Gasteiger partial charge in [0.15, 0.2) is 0 Å². The van der Waals surface area contributed by atoms with Gasteiger partial charge in [-0.15, -0.1) is 11.6 Å². The van der Waals surface area contributed by atoms with Gasteiger partial charge in [0.1, 0.15) is 11.6 Å². The second kappa shape index (κ2) is 6.69. The van der Waals surface area contributed by atoms with Crippen LogP contribution in [0.15, 0.2) is 0 Å².